The summed E-state index contributed by atoms with van der Waals surface area (Å²) in [6, 6.07) is 11.2. The lowest BCUT2D eigenvalue weighted by Crippen LogP contribution is -2.12. The average molecular weight is 258 g/mol. The van der Waals surface area contributed by atoms with Gasteiger partial charge in [0.25, 0.3) is 0 Å². The van der Waals surface area contributed by atoms with Crippen molar-refractivity contribution in [2.75, 3.05) is 6.61 Å². The lowest BCUT2D eigenvalue weighted by atomic mass is 10.1. The van der Waals surface area contributed by atoms with Gasteiger partial charge in [-0.05, 0) is 55.3 Å². The number of ether oxygens (including phenoxy) is 1. The molecule has 0 saturated heterocycles. The Bertz CT molecular complexity index is 588. The van der Waals surface area contributed by atoms with Gasteiger partial charge in [-0.1, -0.05) is 12.1 Å². The second kappa shape index (κ2) is 5.65. The van der Waals surface area contributed by atoms with E-state index in [2.05, 4.69) is 0 Å². The molecule has 0 amide bonds. The minimum Gasteiger partial charge on any atom is -0.485 e. The molecule has 0 fully saturated rings. The SMILES string of the molecule is Cc1cccc(OCC(=O)c2ccc(F)cc2)c1C. The first kappa shape index (κ1) is 13.3. The molecule has 0 aliphatic carbocycles. The van der Waals surface area contributed by atoms with Gasteiger partial charge < -0.3 is 4.74 Å². The molecule has 0 unspecified atom stereocenters. The number of benzene rings is 2. The monoisotopic (exact) mass is 258 g/mol. The minimum absolute atomic E-state index is 0.0457. The zero-order valence-electron chi connectivity index (χ0n) is 10.9. The van der Waals surface area contributed by atoms with Gasteiger partial charge in [0.05, 0.1) is 0 Å². The zero-order valence-corrected chi connectivity index (χ0v) is 10.9. The highest BCUT2D eigenvalue weighted by Crippen LogP contribution is 2.20. The largest absolute Gasteiger partial charge is 0.485 e. The van der Waals surface area contributed by atoms with Gasteiger partial charge in [0.2, 0.25) is 0 Å². The first-order valence-corrected chi connectivity index (χ1v) is 6.05. The Morgan fingerprint density at radius 1 is 1.11 bits per heavy atom. The molecule has 2 nitrogen and oxygen atoms in total. The van der Waals surface area contributed by atoms with Crippen LogP contribution in [0, 0.1) is 19.7 Å². The molecule has 0 aliphatic heterocycles. The maximum atomic E-state index is 12.8. The van der Waals surface area contributed by atoms with E-state index < -0.39 is 0 Å². The Morgan fingerprint density at radius 3 is 2.47 bits per heavy atom. The zero-order chi connectivity index (χ0) is 13.8. The van der Waals surface area contributed by atoms with Crippen LogP contribution in [0.15, 0.2) is 42.5 Å². The second-order valence-electron chi connectivity index (χ2n) is 4.42. The van der Waals surface area contributed by atoms with E-state index in [4.69, 9.17) is 4.74 Å². The second-order valence-corrected chi connectivity index (χ2v) is 4.42. The Labute approximate surface area is 111 Å². The van der Waals surface area contributed by atoms with Gasteiger partial charge in [-0.15, -0.1) is 0 Å². The van der Waals surface area contributed by atoms with Crippen molar-refractivity contribution in [1.29, 1.82) is 0 Å². The summed E-state index contributed by atoms with van der Waals surface area (Å²) in [7, 11) is 0. The molecule has 3 heteroatoms. The first-order chi connectivity index (χ1) is 9.08. The number of Topliss-reactive ketones (excluding diaryl/α,β-unsaturated/α-hetero) is 1. The Balaban J connectivity index is 2.04. The van der Waals surface area contributed by atoms with Crippen molar-refractivity contribution in [3.05, 3.63) is 65.0 Å². The fraction of sp³-hybridized carbons (Fsp3) is 0.188. The molecular weight excluding hydrogens is 243 g/mol. The number of hydrogen-bond donors (Lipinski definition) is 0. The van der Waals surface area contributed by atoms with Crippen LogP contribution in [0.5, 0.6) is 5.75 Å². The molecule has 0 saturated carbocycles. The Kier molecular flexibility index (Phi) is 3.95. The van der Waals surface area contributed by atoms with E-state index >= 15 is 0 Å². The third kappa shape index (κ3) is 3.19. The van der Waals surface area contributed by atoms with Gasteiger partial charge in [0.15, 0.2) is 12.4 Å². The van der Waals surface area contributed by atoms with Crippen molar-refractivity contribution >= 4 is 5.78 Å². The fourth-order valence-corrected chi connectivity index (χ4v) is 1.74. The molecule has 0 spiro atoms. The highest BCUT2D eigenvalue weighted by Gasteiger charge is 2.08. The molecule has 2 aromatic carbocycles. The summed E-state index contributed by atoms with van der Waals surface area (Å²) in [5, 5.41) is 0. The molecule has 0 aliphatic rings. The maximum Gasteiger partial charge on any atom is 0.200 e. The van der Waals surface area contributed by atoms with Crippen LogP contribution in [0.1, 0.15) is 21.5 Å². The third-order valence-electron chi connectivity index (χ3n) is 3.08. The standard InChI is InChI=1S/C16H15FO2/c1-11-4-3-5-16(12(11)2)19-10-15(18)13-6-8-14(17)9-7-13/h3-9H,10H2,1-2H3. The van der Waals surface area contributed by atoms with Crippen LogP contribution in [-0.2, 0) is 0 Å². The number of carbonyl (C=O) groups excluding carboxylic acids is 1. The summed E-state index contributed by atoms with van der Waals surface area (Å²) in [4.78, 5) is 11.9. The van der Waals surface area contributed by atoms with Crippen LogP contribution in [0.2, 0.25) is 0 Å². The Hall–Kier alpha value is -2.16. The minimum atomic E-state index is -0.355. The van der Waals surface area contributed by atoms with Crippen molar-refractivity contribution in [1.82, 2.24) is 0 Å². The summed E-state index contributed by atoms with van der Waals surface area (Å²) in [5.41, 5.74) is 2.59. The van der Waals surface area contributed by atoms with E-state index in [1.807, 2.05) is 32.0 Å². The molecule has 0 heterocycles. The fourth-order valence-electron chi connectivity index (χ4n) is 1.74. The molecule has 0 bridgehead atoms. The van der Waals surface area contributed by atoms with Crippen molar-refractivity contribution < 1.29 is 13.9 Å². The third-order valence-corrected chi connectivity index (χ3v) is 3.08. The smallest absolute Gasteiger partial charge is 0.200 e. The van der Waals surface area contributed by atoms with Crippen LogP contribution < -0.4 is 4.74 Å². The summed E-state index contributed by atoms with van der Waals surface area (Å²) in [5.74, 6) is 0.184. The summed E-state index contributed by atoms with van der Waals surface area (Å²) < 4.78 is 18.3. The molecule has 98 valence electrons. The van der Waals surface area contributed by atoms with Gasteiger partial charge in [-0.3, -0.25) is 4.79 Å². The van der Waals surface area contributed by atoms with Crippen molar-refractivity contribution in [2.24, 2.45) is 0 Å². The van der Waals surface area contributed by atoms with E-state index in [-0.39, 0.29) is 18.2 Å². The number of ketones is 1. The van der Waals surface area contributed by atoms with Gasteiger partial charge in [-0.25, -0.2) is 4.39 Å². The van der Waals surface area contributed by atoms with Gasteiger partial charge in [0, 0.05) is 5.56 Å². The van der Waals surface area contributed by atoms with Crippen LogP contribution in [0.3, 0.4) is 0 Å². The topological polar surface area (TPSA) is 26.3 Å². The van der Waals surface area contributed by atoms with Crippen LogP contribution in [0.25, 0.3) is 0 Å². The Morgan fingerprint density at radius 2 is 1.79 bits per heavy atom. The molecule has 2 rings (SSSR count). The summed E-state index contributed by atoms with van der Waals surface area (Å²) in [6.45, 7) is 3.90. The number of halogens is 1. The van der Waals surface area contributed by atoms with Gasteiger partial charge in [0.1, 0.15) is 11.6 Å². The van der Waals surface area contributed by atoms with Crippen molar-refractivity contribution in [3.8, 4) is 5.75 Å². The highest BCUT2D eigenvalue weighted by atomic mass is 19.1. The van der Waals surface area contributed by atoms with E-state index in [0.717, 1.165) is 11.1 Å². The molecule has 0 atom stereocenters. The predicted molar refractivity (Wildman–Crippen MR) is 72.1 cm³/mol. The highest BCUT2D eigenvalue weighted by molar-refractivity contribution is 5.97. The van der Waals surface area contributed by atoms with E-state index in [0.29, 0.717) is 11.3 Å². The summed E-state index contributed by atoms with van der Waals surface area (Å²) in [6.07, 6.45) is 0. The first-order valence-electron chi connectivity index (χ1n) is 6.05. The number of carbonyl (C=O) groups is 1. The van der Waals surface area contributed by atoms with E-state index in [9.17, 15) is 9.18 Å². The molecule has 2 aromatic rings. The quantitative estimate of drug-likeness (QED) is 0.781. The maximum absolute atomic E-state index is 12.8. The van der Waals surface area contributed by atoms with Gasteiger partial charge in [-0.2, -0.15) is 0 Å². The molecular formula is C16H15FO2. The molecule has 0 aromatic heterocycles. The van der Waals surface area contributed by atoms with Crippen molar-refractivity contribution in [2.45, 2.75) is 13.8 Å². The molecule has 0 radical (unpaired) electrons. The number of aryl methyl sites for hydroxylation is 1. The average Bonchev–Trinajstić information content (AvgIpc) is 2.41. The van der Waals surface area contributed by atoms with E-state index in [1.54, 1.807) is 0 Å². The molecule has 0 N–H and O–H groups in total. The van der Waals surface area contributed by atoms with Crippen LogP contribution in [-0.4, -0.2) is 12.4 Å². The van der Waals surface area contributed by atoms with Crippen LogP contribution >= 0.6 is 0 Å². The predicted octanol–water partition coefficient (Wildman–Crippen LogP) is 3.70. The van der Waals surface area contributed by atoms with E-state index in [1.165, 1.54) is 24.3 Å². The molecule has 19 heavy (non-hydrogen) atoms. The van der Waals surface area contributed by atoms with Crippen molar-refractivity contribution in [3.63, 3.8) is 0 Å². The lowest BCUT2D eigenvalue weighted by Gasteiger charge is -2.10. The normalized spacial score (nSPS) is 10.3. The van der Waals surface area contributed by atoms with Gasteiger partial charge >= 0.3 is 0 Å². The lowest BCUT2D eigenvalue weighted by molar-refractivity contribution is 0.0921. The number of rotatable bonds is 4. The number of hydrogen-bond acceptors (Lipinski definition) is 2. The summed E-state index contributed by atoms with van der Waals surface area (Å²) >= 11 is 0. The van der Waals surface area contributed by atoms with Crippen LogP contribution in [0.4, 0.5) is 4.39 Å².